The van der Waals surface area contributed by atoms with Crippen LogP contribution in [0.15, 0.2) is 46.1 Å². The molecule has 11 heteroatoms. The summed E-state index contributed by atoms with van der Waals surface area (Å²) in [5, 5.41) is 19.5. The highest BCUT2D eigenvalue weighted by Crippen LogP contribution is 2.23. The van der Waals surface area contributed by atoms with Gasteiger partial charge >= 0.3 is 0 Å². The molecule has 11 nitrogen and oxygen atoms in total. The van der Waals surface area contributed by atoms with Gasteiger partial charge in [0.1, 0.15) is 23.9 Å². The third-order valence-corrected chi connectivity index (χ3v) is 4.15. The van der Waals surface area contributed by atoms with Crippen LogP contribution in [0.5, 0.6) is 0 Å². The molecule has 0 radical (unpaired) electrons. The lowest BCUT2D eigenvalue weighted by molar-refractivity contribution is -0.384. The van der Waals surface area contributed by atoms with Crippen molar-refractivity contribution in [3.8, 4) is 5.69 Å². The number of nitrogens with zero attached hydrogens (tertiary/aromatic N) is 7. The highest BCUT2D eigenvalue weighted by atomic mass is 16.6. The zero-order chi connectivity index (χ0) is 19.7. The highest BCUT2D eigenvalue weighted by molar-refractivity contribution is 5.76. The van der Waals surface area contributed by atoms with E-state index in [1.807, 2.05) is 6.92 Å². The van der Waals surface area contributed by atoms with Gasteiger partial charge in [-0.25, -0.2) is 9.67 Å². The summed E-state index contributed by atoms with van der Waals surface area (Å²) in [7, 11) is 0. The highest BCUT2D eigenvalue weighted by Gasteiger charge is 2.19. The van der Waals surface area contributed by atoms with Gasteiger partial charge in [0.2, 0.25) is 5.89 Å². The van der Waals surface area contributed by atoms with Crippen molar-refractivity contribution in [1.82, 2.24) is 29.5 Å². The molecule has 0 spiro atoms. The molecule has 0 atom stereocenters. The topological polar surface area (TPSA) is 135 Å². The molecule has 0 N–H and O–H groups in total. The van der Waals surface area contributed by atoms with E-state index in [0.717, 1.165) is 6.42 Å². The van der Waals surface area contributed by atoms with E-state index in [0.29, 0.717) is 18.1 Å². The maximum absolute atomic E-state index is 12.8. The van der Waals surface area contributed by atoms with E-state index in [9.17, 15) is 14.9 Å². The van der Waals surface area contributed by atoms with Gasteiger partial charge in [-0.1, -0.05) is 24.2 Å². The first-order valence-corrected chi connectivity index (χ1v) is 8.57. The number of hydrogen-bond acceptors (Lipinski definition) is 8. The fourth-order valence-corrected chi connectivity index (χ4v) is 2.86. The first-order chi connectivity index (χ1) is 13.6. The number of aromatic nitrogens is 6. The third kappa shape index (κ3) is 3.02. The van der Waals surface area contributed by atoms with Gasteiger partial charge in [0, 0.05) is 12.5 Å². The Bertz CT molecular complexity index is 1220. The van der Waals surface area contributed by atoms with Crippen LogP contribution < -0.4 is 5.56 Å². The van der Waals surface area contributed by atoms with E-state index in [-0.39, 0.29) is 34.5 Å². The minimum atomic E-state index is -0.506. The minimum absolute atomic E-state index is 0.0785. The van der Waals surface area contributed by atoms with Crippen LogP contribution in [0.25, 0.3) is 16.7 Å². The van der Waals surface area contributed by atoms with Gasteiger partial charge in [-0.15, -0.1) is 0 Å². The van der Waals surface area contributed by atoms with E-state index < -0.39 is 4.92 Å². The Morgan fingerprint density at radius 2 is 2.11 bits per heavy atom. The summed E-state index contributed by atoms with van der Waals surface area (Å²) in [4.78, 5) is 32.1. The second kappa shape index (κ2) is 7.02. The fourth-order valence-electron chi connectivity index (χ4n) is 2.86. The van der Waals surface area contributed by atoms with E-state index in [1.54, 1.807) is 18.2 Å². The van der Waals surface area contributed by atoms with Gasteiger partial charge in [0.15, 0.2) is 11.5 Å². The first-order valence-electron chi connectivity index (χ1n) is 8.57. The zero-order valence-electron chi connectivity index (χ0n) is 14.8. The minimum Gasteiger partial charge on any atom is -0.337 e. The van der Waals surface area contributed by atoms with Gasteiger partial charge in [-0.3, -0.25) is 19.5 Å². The Labute approximate surface area is 157 Å². The standard InChI is InChI=1S/C17H15N7O4/c1-2-5-14-20-15(28-21-14)9-22-10-18-16-11(17(22)25)8-19-23(16)12-6-3-4-7-13(12)24(26)27/h3-4,6-8,10H,2,5,9H2,1H3. The van der Waals surface area contributed by atoms with Crippen molar-refractivity contribution in [2.24, 2.45) is 0 Å². The van der Waals surface area contributed by atoms with Crippen molar-refractivity contribution >= 4 is 16.7 Å². The van der Waals surface area contributed by atoms with Crippen molar-refractivity contribution in [2.75, 3.05) is 0 Å². The smallest absolute Gasteiger partial charge is 0.294 e. The second-order valence-electron chi connectivity index (χ2n) is 6.07. The summed E-state index contributed by atoms with van der Waals surface area (Å²) in [6.07, 6.45) is 4.26. The third-order valence-electron chi connectivity index (χ3n) is 4.15. The molecule has 0 bridgehead atoms. The normalized spacial score (nSPS) is 11.2. The number of para-hydroxylation sites is 2. The summed E-state index contributed by atoms with van der Waals surface area (Å²) < 4.78 is 7.77. The van der Waals surface area contributed by atoms with Crippen molar-refractivity contribution in [3.05, 3.63) is 69.0 Å². The number of nitro benzene ring substituents is 1. The summed E-state index contributed by atoms with van der Waals surface area (Å²) >= 11 is 0. The predicted octanol–water partition coefficient (Wildman–Crippen LogP) is 1.87. The van der Waals surface area contributed by atoms with Crippen LogP contribution in [0.4, 0.5) is 5.69 Å². The molecular weight excluding hydrogens is 366 g/mol. The van der Waals surface area contributed by atoms with Crippen LogP contribution >= 0.6 is 0 Å². The van der Waals surface area contributed by atoms with Gasteiger partial charge in [-0.05, 0) is 12.5 Å². The summed E-state index contributed by atoms with van der Waals surface area (Å²) in [6.45, 7) is 2.09. The molecule has 0 aliphatic carbocycles. The molecule has 0 unspecified atom stereocenters. The zero-order valence-corrected chi connectivity index (χ0v) is 14.8. The number of fused-ring (bicyclic) bond motifs is 1. The number of benzene rings is 1. The van der Waals surface area contributed by atoms with Crippen molar-refractivity contribution in [1.29, 1.82) is 0 Å². The van der Waals surface area contributed by atoms with Crippen LogP contribution in [0.2, 0.25) is 0 Å². The second-order valence-corrected chi connectivity index (χ2v) is 6.07. The molecule has 1 aromatic carbocycles. The van der Waals surface area contributed by atoms with E-state index in [1.165, 1.54) is 27.8 Å². The lowest BCUT2D eigenvalue weighted by Gasteiger charge is -2.05. The largest absolute Gasteiger partial charge is 0.337 e. The molecule has 142 valence electrons. The molecule has 28 heavy (non-hydrogen) atoms. The molecule has 4 aromatic rings. The quantitative estimate of drug-likeness (QED) is 0.365. The number of rotatable bonds is 6. The lowest BCUT2D eigenvalue weighted by atomic mass is 10.2. The Morgan fingerprint density at radius 1 is 1.29 bits per heavy atom. The number of aryl methyl sites for hydroxylation is 1. The molecule has 0 saturated heterocycles. The van der Waals surface area contributed by atoms with E-state index >= 15 is 0 Å². The molecule has 0 fully saturated rings. The molecule has 0 aliphatic rings. The molecule has 4 rings (SSSR count). The molecule has 0 amide bonds. The van der Waals surface area contributed by atoms with Crippen LogP contribution in [0.3, 0.4) is 0 Å². The maximum Gasteiger partial charge on any atom is 0.294 e. The van der Waals surface area contributed by atoms with Crippen molar-refractivity contribution in [2.45, 2.75) is 26.3 Å². The Kier molecular flexibility index (Phi) is 4.39. The Hall–Kier alpha value is -3.89. The summed E-state index contributed by atoms with van der Waals surface area (Å²) in [5.74, 6) is 0.890. The van der Waals surface area contributed by atoms with Gasteiger partial charge in [0.25, 0.3) is 11.2 Å². The molecule has 0 aliphatic heterocycles. The SMILES string of the molecule is CCCc1noc(Cn2cnc3c(cnn3-c3ccccc3[N+](=O)[O-])c2=O)n1. The van der Waals surface area contributed by atoms with Gasteiger partial charge in [0.05, 0.1) is 11.1 Å². The molecule has 3 aromatic heterocycles. The maximum atomic E-state index is 12.8. The van der Waals surface area contributed by atoms with Crippen LogP contribution in [-0.2, 0) is 13.0 Å². The fraction of sp³-hybridized carbons (Fsp3) is 0.235. The predicted molar refractivity (Wildman–Crippen MR) is 97.2 cm³/mol. The Morgan fingerprint density at radius 3 is 2.89 bits per heavy atom. The molecule has 0 saturated carbocycles. The molecule has 3 heterocycles. The van der Waals surface area contributed by atoms with Crippen LogP contribution in [0.1, 0.15) is 25.1 Å². The van der Waals surface area contributed by atoms with Crippen molar-refractivity contribution < 1.29 is 9.45 Å². The monoisotopic (exact) mass is 381 g/mol. The number of hydrogen-bond donors (Lipinski definition) is 0. The van der Waals surface area contributed by atoms with Crippen molar-refractivity contribution in [3.63, 3.8) is 0 Å². The van der Waals surface area contributed by atoms with Gasteiger partial charge < -0.3 is 4.52 Å². The first kappa shape index (κ1) is 17.5. The number of nitro groups is 1. The van der Waals surface area contributed by atoms with E-state index in [4.69, 9.17) is 4.52 Å². The summed E-state index contributed by atoms with van der Waals surface area (Å²) in [5.41, 5.74) is -0.0288. The molecular formula is C17H15N7O4. The van der Waals surface area contributed by atoms with E-state index in [2.05, 4.69) is 20.2 Å². The Balaban J connectivity index is 1.74. The average molecular weight is 381 g/mol. The van der Waals surface area contributed by atoms with Crippen LogP contribution in [0, 0.1) is 10.1 Å². The summed E-state index contributed by atoms with van der Waals surface area (Å²) in [6, 6.07) is 6.13. The lowest BCUT2D eigenvalue weighted by Crippen LogP contribution is -2.21. The van der Waals surface area contributed by atoms with Gasteiger partial charge in [-0.2, -0.15) is 10.1 Å². The average Bonchev–Trinajstić information content (AvgIpc) is 3.31. The van der Waals surface area contributed by atoms with Crippen LogP contribution in [-0.4, -0.2) is 34.4 Å².